The van der Waals surface area contributed by atoms with E-state index < -0.39 is 0 Å². The quantitative estimate of drug-likeness (QED) is 0.839. The second-order valence-corrected chi connectivity index (χ2v) is 6.16. The molecule has 0 amide bonds. The van der Waals surface area contributed by atoms with Gasteiger partial charge in [-0.25, -0.2) is 0 Å². The SMILES string of the molecule is CC(NCC1Cc2ccccc21)c1cccc(Cl)c1Cl. The van der Waals surface area contributed by atoms with E-state index >= 15 is 0 Å². The molecule has 0 radical (unpaired) electrons. The fraction of sp³-hybridized carbons (Fsp3) is 0.294. The summed E-state index contributed by atoms with van der Waals surface area (Å²) in [5.41, 5.74) is 4.02. The Bertz CT molecular complexity index is 624. The van der Waals surface area contributed by atoms with Gasteiger partial charge in [-0.1, -0.05) is 59.6 Å². The van der Waals surface area contributed by atoms with Gasteiger partial charge in [-0.2, -0.15) is 0 Å². The van der Waals surface area contributed by atoms with E-state index in [1.165, 1.54) is 17.5 Å². The maximum Gasteiger partial charge on any atom is 0.0639 e. The first-order chi connectivity index (χ1) is 9.66. The summed E-state index contributed by atoms with van der Waals surface area (Å²) < 4.78 is 0. The molecule has 0 heterocycles. The summed E-state index contributed by atoms with van der Waals surface area (Å²) >= 11 is 12.3. The summed E-state index contributed by atoms with van der Waals surface area (Å²) in [4.78, 5) is 0. The van der Waals surface area contributed by atoms with Gasteiger partial charge >= 0.3 is 0 Å². The smallest absolute Gasteiger partial charge is 0.0639 e. The molecule has 2 atom stereocenters. The number of fused-ring (bicyclic) bond motifs is 1. The van der Waals surface area contributed by atoms with Gasteiger partial charge in [0.25, 0.3) is 0 Å². The molecule has 1 N–H and O–H groups in total. The third-order valence-corrected chi connectivity index (χ3v) is 4.91. The molecule has 104 valence electrons. The van der Waals surface area contributed by atoms with Gasteiger partial charge in [0.15, 0.2) is 0 Å². The van der Waals surface area contributed by atoms with E-state index in [1.807, 2.05) is 18.2 Å². The number of benzene rings is 2. The molecule has 0 saturated heterocycles. The zero-order chi connectivity index (χ0) is 14.1. The summed E-state index contributed by atoms with van der Waals surface area (Å²) in [5.74, 6) is 0.617. The lowest BCUT2D eigenvalue weighted by Crippen LogP contribution is -2.30. The Hall–Kier alpha value is -1.02. The van der Waals surface area contributed by atoms with Crippen LogP contribution in [0.25, 0.3) is 0 Å². The van der Waals surface area contributed by atoms with E-state index in [2.05, 4.69) is 36.5 Å². The van der Waals surface area contributed by atoms with Crippen molar-refractivity contribution >= 4 is 23.2 Å². The van der Waals surface area contributed by atoms with Crippen LogP contribution >= 0.6 is 23.2 Å². The first-order valence-corrected chi connectivity index (χ1v) is 7.67. The standard InChI is InChI=1S/C17H17Cl2N/c1-11(14-7-4-8-16(18)17(14)19)20-10-13-9-12-5-2-3-6-15(12)13/h2-8,11,13,20H,9-10H2,1H3. The van der Waals surface area contributed by atoms with Crippen molar-refractivity contribution in [3.8, 4) is 0 Å². The molecule has 2 aromatic rings. The number of hydrogen-bond donors (Lipinski definition) is 1. The lowest BCUT2D eigenvalue weighted by molar-refractivity contribution is 0.489. The summed E-state index contributed by atoms with van der Waals surface area (Å²) in [5, 5.41) is 4.84. The van der Waals surface area contributed by atoms with Gasteiger partial charge in [-0.3, -0.25) is 0 Å². The van der Waals surface area contributed by atoms with Crippen LogP contribution in [-0.2, 0) is 6.42 Å². The fourth-order valence-corrected chi connectivity index (χ4v) is 3.30. The third kappa shape index (κ3) is 2.58. The molecule has 0 aliphatic heterocycles. The Kier molecular flexibility index (Phi) is 4.02. The average molecular weight is 306 g/mol. The fourth-order valence-electron chi connectivity index (χ4n) is 2.83. The van der Waals surface area contributed by atoms with E-state index in [4.69, 9.17) is 23.2 Å². The van der Waals surface area contributed by atoms with Gasteiger partial charge in [0.1, 0.15) is 0 Å². The lowest BCUT2D eigenvalue weighted by Gasteiger charge is -2.31. The van der Waals surface area contributed by atoms with Gasteiger partial charge in [0.2, 0.25) is 0 Å². The number of rotatable bonds is 4. The number of nitrogens with one attached hydrogen (secondary N) is 1. The van der Waals surface area contributed by atoms with Gasteiger partial charge in [0, 0.05) is 18.5 Å². The van der Waals surface area contributed by atoms with E-state index in [9.17, 15) is 0 Å². The van der Waals surface area contributed by atoms with E-state index in [-0.39, 0.29) is 6.04 Å². The Morgan fingerprint density at radius 2 is 1.95 bits per heavy atom. The Morgan fingerprint density at radius 1 is 1.15 bits per heavy atom. The zero-order valence-electron chi connectivity index (χ0n) is 11.4. The normalized spacial score (nSPS) is 18.2. The predicted molar refractivity (Wildman–Crippen MR) is 85.8 cm³/mol. The second-order valence-electron chi connectivity index (χ2n) is 5.37. The van der Waals surface area contributed by atoms with Crippen molar-refractivity contribution < 1.29 is 0 Å². The largest absolute Gasteiger partial charge is 0.310 e. The molecule has 0 aromatic heterocycles. The van der Waals surface area contributed by atoms with E-state index in [1.54, 1.807) is 0 Å². The monoisotopic (exact) mass is 305 g/mol. The van der Waals surface area contributed by atoms with Crippen LogP contribution < -0.4 is 5.32 Å². The third-order valence-electron chi connectivity index (χ3n) is 4.08. The van der Waals surface area contributed by atoms with Crippen molar-refractivity contribution in [2.24, 2.45) is 0 Å². The van der Waals surface area contributed by atoms with Crippen molar-refractivity contribution in [3.05, 3.63) is 69.2 Å². The minimum atomic E-state index is 0.203. The first-order valence-electron chi connectivity index (χ1n) is 6.92. The highest BCUT2D eigenvalue weighted by Gasteiger charge is 2.25. The molecular formula is C17H17Cl2N. The molecule has 20 heavy (non-hydrogen) atoms. The van der Waals surface area contributed by atoms with Crippen molar-refractivity contribution in [1.29, 1.82) is 0 Å². The highest BCUT2D eigenvalue weighted by atomic mass is 35.5. The van der Waals surface area contributed by atoms with Gasteiger partial charge < -0.3 is 5.32 Å². The molecule has 1 aliphatic carbocycles. The first kappa shape index (κ1) is 13.9. The van der Waals surface area contributed by atoms with E-state index in [0.29, 0.717) is 16.0 Å². The summed E-state index contributed by atoms with van der Waals surface area (Å²) in [7, 11) is 0. The zero-order valence-corrected chi connectivity index (χ0v) is 12.9. The van der Waals surface area contributed by atoms with Gasteiger partial charge in [-0.15, -0.1) is 0 Å². The van der Waals surface area contributed by atoms with Crippen molar-refractivity contribution in [2.45, 2.75) is 25.3 Å². The van der Waals surface area contributed by atoms with E-state index in [0.717, 1.165) is 12.1 Å². The van der Waals surface area contributed by atoms with Gasteiger partial charge in [-0.05, 0) is 36.1 Å². The van der Waals surface area contributed by atoms with Crippen molar-refractivity contribution in [1.82, 2.24) is 5.32 Å². The minimum Gasteiger partial charge on any atom is -0.310 e. The molecule has 0 fully saturated rings. The highest BCUT2D eigenvalue weighted by Crippen LogP contribution is 2.35. The number of halogens is 2. The van der Waals surface area contributed by atoms with Crippen LogP contribution in [0.5, 0.6) is 0 Å². The summed E-state index contributed by atoms with van der Waals surface area (Å²) in [6.45, 7) is 3.10. The predicted octanol–water partition coefficient (Wildman–Crippen LogP) is 4.98. The maximum absolute atomic E-state index is 6.26. The van der Waals surface area contributed by atoms with Crippen LogP contribution in [0, 0.1) is 0 Å². The highest BCUT2D eigenvalue weighted by molar-refractivity contribution is 6.42. The Morgan fingerprint density at radius 3 is 2.75 bits per heavy atom. The lowest BCUT2D eigenvalue weighted by atomic mass is 9.77. The average Bonchev–Trinajstić information content (AvgIpc) is 2.42. The topological polar surface area (TPSA) is 12.0 Å². The van der Waals surface area contributed by atoms with Gasteiger partial charge in [0.05, 0.1) is 10.0 Å². The second kappa shape index (κ2) is 5.77. The Labute approximate surface area is 129 Å². The number of hydrogen-bond acceptors (Lipinski definition) is 1. The molecule has 1 aliphatic rings. The molecular weight excluding hydrogens is 289 g/mol. The molecule has 3 heteroatoms. The van der Waals surface area contributed by atoms with Crippen LogP contribution in [0.3, 0.4) is 0 Å². The van der Waals surface area contributed by atoms with Crippen molar-refractivity contribution in [3.63, 3.8) is 0 Å². The van der Waals surface area contributed by atoms with Crippen LogP contribution in [0.15, 0.2) is 42.5 Å². The molecule has 2 aromatic carbocycles. The maximum atomic E-state index is 6.26. The van der Waals surface area contributed by atoms with Crippen LogP contribution in [0.4, 0.5) is 0 Å². The molecule has 2 unspecified atom stereocenters. The minimum absolute atomic E-state index is 0.203. The summed E-state index contributed by atoms with van der Waals surface area (Å²) in [6, 6.07) is 14.7. The Balaban J connectivity index is 1.64. The van der Waals surface area contributed by atoms with Crippen LogP contribution in [-0.4, -0.2) is 6.54 Å². The van der Waals surface area contributed by atoms with Crippen LogP contribution in [0.1, 0.15) is 35.6 Å². The van der Waals surface area contributed by atoms with Crippen LogP contribution in [0.2, 0.25) is 10.0 Å². The molecule has 3 rings (SSSR count). The van der Waals surface area contributed by atoms with Crippen molar-refractivity contribution in [2.75, 3.05) is 6.54 Å². The molecule has 0 spiro atoms. The summed E-state index contributed by atoms with van der Waals surface area (Å²) in [6.07, 6.45) is 1.17. The molecule has 1 nitrogen and oxygen atoms in total. The molecule has 0 bridgehead atoms. The molecule has 0 saturated carbocycles.